The van der Waals surface area contributed by atoms with E-state index in [2.05, 4.69) is 23.9 Å². The second-order valence-electron chi connectivity index (χ2n) is 8.85. The molecule has 1 saturated heterocycles. The first-order valence-corrected chi connectivity index (χ1v) is 10.0. The molecule has 0 aliphatic carbocycles. The fourth-order valence-electron chi connectivity index (χ4n) is 4.13. The maximum Gasteiger partial charge on any atom is 0.237 e. The van der Waals surface area contributed by atoms with Gasteiger partial charge in [-0.3, -0.25) is 19.5 Å². The summed E-state index contributed by atoms with van der Waals surface area (Å²) in [5.74, 6) is 0.140. The highest BCUT2D eigenvalue weighted by Crippen LogP contribution is 2.31. The van der Waals surface area contributed by atoms with E-state index in [-0.39, 0.29) is 23.8 Å². The minimum absolute atomic E-state index is 0.0694. The van der Waals surface area contributed by atoms with E-state index in [1.54, 1.807) is 24.3 Å². The topological polar surface area (TPSA) is 74.6 Å². The molecule has 154 valence electrons. The van der Waals surface area contributed by atoms with Crippen LogP contribution < -0.4 is 0 Å². The van der Waals surface area contributed by atoms with Crippen LogP contribution in [0.1, 0.15) is 25.1 Å². The Morgan fingerprint density at radius 2 is 1.93 bits per heavy atom. The Labute approximate surface area is 171 Å². The Morgan fingerprint density at radius 3 is 2.66 bits per heavy atom. The first kappa shape index (κ1) is 19.6. The number of rotatable bonds is 3. The van der Waals surface area contributed by atoms with Crippen LogP contribution in [0.25, 0.3) is 5.69 Å². The summed E-state index contributed by atoms with van der Waals surface area (Å²) < 4.78 is 1.96. The van der Waals surface area contributed by atoms with Crippen molar-refractivity contribution >= 4 is 11.8 Å². The summed E-state index contributed by atoms with van der Waals surface area (Å²) in [5, 5.41) is 4.59. The van der Waals surface area contributed by atoms with Crippen LogP contribution in [0.2, 0.25) is 0 Å². The average Bonchev–Trinajstić information content (AvgIpc) is 2.99. The Balaban J connectivity index is 1.54. The molecule has 2 aromatic heterocycles. The van der Waals surface area contributed by atoms with Gasteiger partial charge in [0, 0.05) is 56.9 Å². The maximum absolute atomic E-state index is 13.1. The molecule has 2 aliphatic heterocycles. The van der Waals surface area contributed by atoms with Crippen LogP contribution in [0.15, 0.2) is 30.7 Å². The number of hydrogen-bond acceptors (Lipinski definition) is 5. The SMILES string of the molecule is CN1CCN(CC(=O)N2Cc3cnn(-c4ccncc4)c3CC(C)(C)C2)CC1=O. The molecule has 8 heteroatoms. The molecule has 0 radical (unpaired) electrons. The van der Waals surface area contributed by atoms with Crippen LogP contribution in [0.3, 0.4) is 0 Å². The number of amides is 2. The zero-order valence-corrected chi connectivity index (χ0v) is 17.3. The van der Waals surface area contributed by atoms with E-state index >= 15 is 0 Å². The summed E-state index contributed by atoms with van der Waals surface area (Å²) in [6.07, 6.45) is 6.23. The Bertz CT molecular complexity index is 907. The zero-order chi connectivity index (χ0) is 20.6. The third-order valence-corrected chi connectivity index (χ3v) is 5.74. The second-order valence-corrected chi connectivity index (χ2v) is 8.85. The first-order chi connectivity index (χ1) is 13.8. The fraction of sp³-hybridized carbons (Fsp3) is 0.524. The summed E-state index contributed by atoms with van der Waals surface area (Å²) in [5.41, 5.74) is 3.12. The van der Waals surface area contributed by atoms with Crippen LogP contribution in [0.5, 0.6) is 0 Å². The number of carbonyl (C=O) groups excluding carboxylic acids is 2. The number of aromatic nitrogens is 3. The molecular formula is C21H28N6O2. The number of pyridine rings is 1. The Hall–Kier alpha value is -2.74. The number of fused-ring (bicyclic) bond motifs is 1. The summed E-state index contributed by atoms with van der Waals surface area (Å²) in [6, 6.07) is 3.89. The van der Waals surface area contributed by atoms with E-state index < -0.39 is 0 Å². The van der Waals surface area contributed by atoms with Gasteiger partial charge in [-0.15, -0.1) is 0 Å². The fourth-order valence-corrected chi connectivity index (χ4v) is 4.13. The van der Waals surface area contributed by atoms with Crippen molar-refractivity contribution in [2.75, 3.05) is 39.8 Å². The van der Waals surface area contributed by atoms with Crippen LogP contribution in [0, 0.1) is 5.41 Å². The van der Waals surface area contributed by atoms with Gasteiger partial charge in [0.25, 0.3) is 0 Å². The predicted molar refractivity (Wildman–Crippen MR) is 108 cm³/mol. The highest BCUT2D eigenvalue weighted by Gasteiger charge is 2.33. The minimum atomic E-state index is -0.0797. The molecule has 1 fully saturated rings. The lowest BCUT2D eigenvalue weighted by atomic mass is 9.87. The van der Waals surface area contributed by atoms with Gasteiger partial charge in [-0.05, 0) is 24.0 Å². The average molecular weight is 396 g/mol. The summed E-state index contributed by atoms with van der Waals surface area (Å²) >= 11 is 0. The number of hydrogen-bond donors (Lipinski definition) is 0. The molecule has 2 aromatic rings. The van der Waals surface area contributed by atoms with Crippen molar-refractivity contribution in [1.82, 2.24) is 29.5 Å². The molecule has 2 aliphatic rings. The zero-order valence-electron chi connectivity index (χ0n) is 17.3. The van der Waals surface area contributed by atoms with E-state index in [0.29, 0.717) is 26.2 Å². The molecule has 29 heavy (non-hydrogen) atoms. The molecule has 8 nitrogen and oxygen atoms in total. The molecule has 4 rings (SSSR count). The maximum atomic E-state index is 13.1. The third kappa shape index (κ3) is 4.17. The van der Waals surface area contributed by atoms with Gasteiger partial charge < -0.3 is 9.80 Å². The van der Waals surface area contributed by atoms with Crippen molar-refractivity contribution in [3.8, 4) is 5.69 Å². The summed E-state index contributed by atoms with van der Waals surface area (Å²) in [4.78, 5) is 34.8. The Morgan fingerprint density at radius 1 is 1.17 bits per heavy atom. The van der Waals surface area contributed by atoms with Crippen LogP contribution in [-0.2, 0) is 22.6 Å². The lowest BCUT2D eigenvalue weighted by Crippen LogP contribution is -2.52. The van der Waals surface area contributed by atoms with Gasteiger partial charge in [0.15, 0.2) is 0 Å². The van der Waals surface area contributed by atoms with Crippen LogP contribution >= 0.6 is 0 Å². The van der Waals surface area contributed by atoms with Gasteiger partial charge in [-0.2, -0.15) is 5.10 Å². The molecule has 0 N–H and O–H groups in total. The quantitative estimate of drug-likeness (QED) is 0.772. The highest BCUT2D eigenvalue weighted by molar-refractivity contribution is 5.82. The molecule has 0 atom stereocenters. The standard InChI is InChI=1S/C21H28N6O2/c1-21(2)10-18-16(11-23-27(18)17-4-6-22-7-5-17)12-26(15-21)20(29)14-25-9-8-24(3)19(28)13-25/h4-7,11H,8-10,12-15H2,1-3H3. The van der Waals surface area contributed by atoms with Crippen molar-refractivity contribution in [3.05, 3.63) is 42.0 Å². The van der Waals surface area contributed by atoms with Gasteiger partial charge in [-0.25, -0.2) is 4.68 Å². The number of carbonyl (C=O) groups is 2. The van der Waals surface area contributed by atoms with Gasteiger partial charge in [0.1, 0.15) is 0 Å². The molecular weight excluding hydrogens is 368 g/mol. The normalized spacial score (nSPS) is 19.8. The van der Waals surface area contributed by atoms with Gasteiger partial charge in [-0.1, -0.05) is 13.8 Å². The van der Waals surface area contributed by atoms with Crippen LogP contribution in [0.4, 0.5) is 0 Å². The van der Waals surface area contributed by atoms with Gasteiger partial charge >= 0.3 is 0 Å². The number of piperazine rings is 1. The van der Waals surface area contributed by atoms with Gasteiger partial charge in [0.05, 0.1) is 25.0 Å². The smallest absolute Gasteiger partial charge is 0.237 e. The minimum Gasteiger partial charge on any atom is -0.343 e. The third-order valence-electron chi connectivity index (χ3n) is 5.74. The van der Waals surface area contributed by atoms with E-state index in [0.717, 1.165) is 29.9 Å². The predicted octanol–water partition coefficient (Wildman–Crippen LogP) is 0.952. The second kappa shape index (κ2) is 7.59. The molecule has 0 spiro atoms. The van der Waals surface area contributed by atoms with E-state index in [1.807, 2.05) is 32.8 Å². The lowest BCUT2D eigenvalue weighted by Gasteiger charge is -2.34. The first-order valence-electron chi connectivity index (χ1n) is 10.0. The molecule has 0 saturated carbocycles. The van der Waals surface area contributed by atoms with E-state index in [9.17, 15) is 9.59 Å². The lowest BCUT2D eigenvalue weighted by molar-refractivity contribution is -0.139. The van der Waals surface area contributed by atoms with E-state index in [1.165, 1.54) is 0 Å². The molecule has 2 amide bonds. The Kier molecular flexibility index (Phi) is 5.12. The van der Waals surface area contributed by atoms with Crippen molar-refractivity contribution in [1.29, 1.82) is 0 Å². The highest BCUT2D eigenvalue weighted by atomic mass is 16.2. The monoisotopic (exact) mass is 396 g/mol. The largest absolute Gasteiger partial charge is 0.343 e. The van der Waals surface area contributed by atoms with Crippen molar-refractivity contribution in [3.63, 3.8) is 0 Å². The number of nitrogens with zero attached hydrogens (tertiary/aromatic N) is 6. The summed E-state index contributed by atoms with van der Waals surface area (Å²) in [7, 11) is 1.81. The molecule has 0 unspecified atom stereocenters. The van der Waals surface area contributed by atoms with Crippen molar-refractivity contribution in [2.24, 2.45) is 5.41 Å². The number of likely N-dealkylation sites (N-methyl/N-ethyl adjacent to an activating group) is 1. The summed E-state index contributed by atoms with van der Waals surface area (Å²) in [6.45, 7) is 7.59. The molecule has 0 aromatic carbocycles. The molecule has 0 bridgehead atoms. The van der Waals surface area contributed by atoms with Crippen molar-refractivity contribution < 1.29 is 9.59 Å². The van der Waals surface area contributed by atoms with Crippen LogP contribution in [-0.4, -0.2) is 81.1 Å². The molecule has 4 heterocycles. The van der Waals surface area contributed by atoms with Gasteiger partial charge in [0.2, 0.25) is 11.8 Å². The van der Waals surface area contributed by atoms with E-state index in [4.69, 9.17) is 0 Å². The van der Waals surface area contributed by atoms with Crippen molar-refractivity contribution in [2.45, 2.75) is 26.8 Å².